The van der Waals surface area contributed by atoms with Gasteiger partial charge in [0.25, 0.3) is 0 Å². The van der Waals surface area contributed by atoms with E-state index in [1.807, 2.05) is 35.9 Å². The Bertz CT molecular complexity index is 835. The van der Waals surface area contributed by atoms with Crippen LogP contribution in [0.1, 0.15) is 44.5 Å². The highest BCUT2D eigenvalue weighted by atomic mass is 16.2. The molecule has 28 heavy (non-hydrogen) atoms. The maximum Gasteiger partial charge on any atom is 0.227 e. The fraction of sp³-hybridized carbons (Fsp3) is 0.600. The number of carbonyl (C=O) groups is 2. The van der Waals surface area contributed by atoms with Gasteiger partial charge in [0.05, 0.1) is 30.0 Å². The van der Waals surface area contributed by atoms with Crippen LogP contribution < -0.4 is 0 Å². The molecule has 2 aromatic heterocycles. The molecule has 150 valence electrons. The Morgan fingerprint density at radius 3 is 2.75 bits per heavy atom. The molecule has 8 heteroatoms. The number of aromatic amines is 1. The topological polar surface area (TPSA) is 87.1 Å². The van der Waals surface area contributed by atoms with Crippen LogP contribution in [0.4, 0.5) is 0 Å². The highest BCUT2D eigenvalue weighted by Gasteiger charge is 2.48. The lowest BCUT2D eigenvalue weighted by molar-refractivity contribution is -0.145. The number of amides is 2. The fourth-order valence-electron chi connectivity index (χ4n) is 4.71. The quantitative estimate of drug-likeness (QED) is 0.867. The minimum atomic E-state index is -0.386. The van der Waals surface area contributed by atoms with Gasteiger partial charge in [0.2, 0.25) is 11.8 Å². The van der Waals surface area contributed by atoms with Gasteiger partial charge in [-0.3, -0.25) is 14.3 Å². The monoisotopic (exact) mass is 384 g/mol. The van der Waals surface area contributed by atoms with Crippen LogP contribution >= 0.6 is 0 Å². The molecule has 0 bridgehead atoms. The minimum Gasteiger partial charge on any atom is -0.348 e. The lowest BCUT2D eigenvalue weighted by atomic mass is 9.78. The highest BCUT2D eigenvalue weighted by Crippen LogP contribution is 2.42. The van der Waals surface area contributed by atoms with Crippen LogP contribution in [0, 0.1) is 5.92 Å². The fourth-order valence-corrected chi connectivity index (χ4v) is 4.71. The summed E-state index contributed by atoms with van der Waals surface area (Å²) in [6, 6.07) is 1.87. The van der Waals surface area contributed by atoms with E-state index in [1.165, 1.54) is 0 Å². The van der Waals surface area contributed by atoms with E-state index < -0.39 is 0 Å². The van der Waals surface area contributed by atoms with Gasteiger partial charge >= 0.3 is 0 Å². The van der Waals surface area contributed by atoms with Gasteiger partial charge in [0, 0.05) is 50.6 Å². The van der Waals surface area contributed by atoms with E-state index in [1.54, 1.807) is 17.2 Å². The number of piperidine rings is 1. The molecule has 0 radical (unpaired) electrons. The largest absolute Gasteiger partial charge is 0.348 e. The maximum absolute atomic E-state index is 12.9. The first-order valence-corrected chi connectivity index (χ1v) is 10.1. The molecule has 1 atom stereocenters. The van der Waals surface area contributed by atoms with Crippen molar-refractivity contribution < 1.29 is 9.59 Å². The number of nitrogens with one attached hydrogen (secondary N) is 1. The van der Waals surface area contributed by atoms with Crippen molar-refractivity contribution in [3.05, 3.63) is 36.2 Å². The highest BCUT2D eigenvalue weighted by molar-refractivity contribution is 5.79. The van der Waals surface area contributed by atoms with E-state index in [0.29, 0.717) is 32.6 Å². The Labute approximate surface area is 164 Å². The lowest BCUT2D eigenvalue weighted by Crippen LogP contribution is -2.59. The Kier molecular flexibility index (Phi) is 4.95. The van der Waals surface area contributed by atoms with Crippen LogP contribution in [0.15, 0.2) is 24.8 Å². The van der Waals surface area contributed by atoms with E-state index in [0.717, 1.165) is 30.7 Å². The van der Waals surface area contributed by atoms with Crippen molar-refractivity contribution in [1.82, 2.24) is 29.5 Å². The number of hydrogen-bond donors (Lipinski definition) is 1. The van der Waals surface area contributed by atoms with E-state index in [2.05, 4.69) is 15.1 Å². The van der Waals surface area contributed by atoms with Crippen LogP contribution in [0.25, 0.3) is 0 Å². The van der Waals surface area contributed by atoms with Crippen LogP contribution in [0.5, 0.6) is 0 Å². The Morgan fingerprint density at radius 2 is 2.07 bits per heavy atom. The molecule has 2 aromatic rings. The summed E-state index contributed by atoms with van der Waals surface area (Å²) in [5.74, 6) is 0.187. The molecule has 0 saturated carbocycles. The number of fused-ring (bicyclic) bond motifs is 2. The number of hydrogen-bond acceptors (Lipinski definition) is 4. The zero-order valence-electron chi connectivity index (χ0n) is 16.6. The van der Waals surface area contributed by atoms with Gasteiger partial charge in [0.1, 0.15) is 0 Å². The van der Waals surface area contributed by atoms with Gasteiger partial charge < -0.3 is 14.8 Å². The first-order chi connectivity index (χ1) is 13.5. The third-order valence-electron chi connectivity index (χ3n) is 6.21. The number of H-pyrrole nitrogens is 1. The van der Waals surface area contributed by atoms with E-state index in [4.69, 9.17) is 0 Å². The third-order valence-corrected chi connectivity index (χ3v) is 6.21. The normalized spacial score (nSPS) is 19.5. The van der Waals surface area contributed by atoms with Crippen molar-refractivity contribution in [1.29, 1.82) is 0 Å². The summed E-state index contributed by atoms with van der Waals surface area (Å²) in [6.07, 6.45) is 8.11. The molecule has 1 fully saturated rings. The number of likely N-dealkylation sites (tertiary alicyclic amines) is 1. The molecule has 4 rings (SSSR count). The summed E-state index contributed by atoms with van der Waals surface area (Å²) in [5.41, 5.74) is 1.74. The van der Waals surface area contributed by atoms with Crippen LogP contribution in [0.3, 0.4) is 0 Å². The molecular formula is C20H28N6O2. The second-order valence-electron chi connectivity index (χ2n) is 7.86. The van der Waals surface area contributed by atoms with Crippen molar-refractivity contribution in [3.63, 3.8) is 0 Å². The van der Waals surface area contributed by atoms with Gasteiger partial charge in [-0.1, -0.05) is 13.8 Å². The average Bonchev–Trinajstić information content (AvgIpc) is 3.40. The van der Waals surface area contributed by atoms with Gasteiger partial charge in [-0.2, -0.15) is 5.10 Å². The molecule has 0 aromatic carbocycles. The SMILES string of the molecule is CCC(=O)N1CCc2[nH]cnc2C12CCN(C(=O)[C@@H](C)Cn1cccn1)CC2. The number of imidazole rings is 1. The number of carbonyl (C=O) groups excluding carboxylic acids is 2. The van der Waals surface area contributed by atoms with Crippen molar-refractivity contribution in [2.45, 2.75) is 51.6 Å². The van der Waals surface area contributed by atoms with Crippen LogP contribution in [-0.4, -0.2) is 61.0 Å². The van der Waals surface area contributed by atoms with E-state index in [-0.39, 0.29) is 23.3 Å². The average molecular weight is 384 g/mol. The molecule has 2 aliphatic rings. The standard InChI is InChI=1S/C20H28N6O2/c1-3-17(27)26-10-5-16-18(22-14-21-16)20(26)6-11-24(12-7-20)19(28)15(2)13-25-9-4-8-23-25/h4,8-9,14-15H,3,5-7,10-13H2,1-2H3,(H,21,22)/t15-/m0/s1. The van der Waals surface area contributed by atoms with Gasteiger partial charge in [-0.05, 0) is 18.9 Å². The summed E-state index contributed by atoms with van der Waals surface area (Å²) in [6.45, 7) is 6.44. The van der Waals surface area contributed by atoms with Crippen molar-refractivity contribution in [2.75, 3.05) is 19.6 Å². The Balaban J connectivity index is 1.50. The van der Waals surface area contributed by atoms with Crippen LogP contribution in [0.2, 0.25) is 0 Å². The first-order valence-electron chi connectivity index (χ1n) is 10.1. The molecule has 2 amide bonds. The molecule has 0 unspecified atom stereocenters. The predicted molar refractivity (Wildman–Crippen MR) is 103 cm³/mol. The second-order valence-corrected chi connectivity index (χ2v) is 7.86. The van der Waals surface area contributed by atoms with Crippen molar-refractivity contribution >= 4 is 11.8 Å². The summed E-state index contributed by atoms with van der Waals surface area (Å²) in [4.78, 5) is 37.4. The predicted octanol–water partition coefficient (Wildman–Crippen LogP) is 1.55. The molecule has 4 heterocycles. The third kappa shape index (κ3) is 3.10. The van der Waals surface area contributed by atoms with Gasteiger partial charge in [-0.25, -0.2) is 4.98 Å². The summed E-state index contributed by atoms with van der Waals surface area (Å²) < 4.78 is 1.80. The Morgan fingerprint density at radius 1 is 1.29 bits per heavy atom. The molecule has 1 N–H and O–H groups in total. The number of nitrogens with zero attached hydrogens (tertiary/aromatic N) is 5. The first kappa shape index (κ1) is 18.7. The smallest absolute Gasteiger partial charge is 0.227 e. The lowest BCUT2D eigenvalue weighted by Gasteiger charge is -2.50. The van der Waals surface area contributed by atoms with Crippen molar-refractivity contribution in [3.8, 4) is 0 Å². The minimum absolute atomic E-state index is 0.130. The molecule has 2 aliphatic heterocycles. The van der Waals surface area contributed by atoms with Gasteiger partial charge in [0.15, 0.2) is 0 Å². The zero-order chi connectivity index (χ0) is 19.7. The molecule has 1 saturated heterocycles. The van der Waals surface area contributed by atoms with Crippen LogP contribution in [-0.2, 0) is 28.1 Å². The van der Waals surface area contributed by atoms with E-state index >= 15 is 0 Å². The zero-order valence-corrected chi connectivity index (χ0v) is 16.6. The molecule has 1 spiro atoms. The molecular weight excluding hydrogens is 356 g/mol. The van der Waals surface area contributed by atoms with E-state index in [9.17, 15) is 9.59 Å². The number of aromatic nitrogens is 4. The second kappa shape index (κ2) is 7.41. The molecule has 8 nitrogen and oxygen atoms in total. The van der Waals surface area contributed by atoms with Crippen molar-refractivity contribution in [2.24, 2.45) is 5.92 Å². The maximum atomic E-state index is 12.9. The summed E-state index contributed by atoms with van der Waals surface area (Å²) in [5, 5.41) is 4.20. The van der Waals surface area contributed by atoms with Gasteiger partial charge in [-0.15, -0.1) is 0 Å². The molecule has 0 aliphatic carbocycles. The Hall–Kier alpha value is -2.64. The number of rotatable bonds is 4. The summed E-state index contributed by atoms with van der Waals surface area (Å²) in [7, 11) is 0. The summed E-state index contributed by atoms with van der Waals surface area (Å²) >= 11 is 0.